The Morgan fingerprint density at radius 2 is 2.29 bits per heavy atom. The van der Waals surface area contributed by atoms with Gasteiger partial charge in [0.1, 0.15) is 6.33 Å². The first-order valence-corrected chi connectivity index (χ1v) is 7.70. The summed E-state index contributed by atoms with van der Waals surface area (Å²) in [4.78, 5) is 23.7. The maximum atomic E-state index is 10.8. The van der Waals surface area contributed by atoms with E-state index in [0.717, 1.165) is 12.8 Å². The SMILES string of the molecule is COc1ncnc2c1nc(SCC(=O)O)n2C1CC(C)C1. The maximum absolute atomic E-state index is 10.8. The highest BCUT2D eigenvalue weighted by molar-refractivity contribution is 7.99. The number of hydrogen-bond acceptors (Lipinski definition) is 6. The van der Waals surface area contributed by atoms with Gasteiger partial charge in [-0.05, 0) is 18.8 Å². The molecular weight excluding hydrogens is 292 g/mol. The molecule has 0 atom stereocenters. The van der Waals surface area contributed by atoms with Gasteiger partial charge in [-0.3, -0.25) is 4.79 Å². The number of fused-ring (bicyclic) bond motifs is 1. The van der Waals surface area contributed by atoms with E-state index < -0.39 is 5.97 Å². The molecule has 0 spiro atoms. The average Bonchev–Trinajstić information content (AvgIpc) is 2.79. The van der Waals surface area contributed by atoms with E-state index in [0.29, 0.717) is 34.2 Å². The lowest BCUT2D eigenvalue weighted by Crippen LogP contribution is -2.25. The minimum Gasteiger partial charge on any atom is -0.481 e. The van der Waals surface area contributed by atoms with Gasteiger partial charge in [0, 0.05) is 6.04 Å². The van der Waals surface area contributed by atoms with Crippen molar-refractivity contribution >= 4 is 28.9 Å². The third-order valence-corrected chi connectivity index (χ3v) is 4.58. The van der Waals surface area contributed by atoms with E-state index in [-0.39, 0.29) is 5.75 Å². The normalized spacial score (nSPS) is 21.2. The Bertz CT molecular complexity index is 681. The summed E-state index contributed by atoms with van der Waals surface area (Å²) in [5, 5.41) is 9.55. The molecule has 2 aromatic rings. The molecular formula is C13H16N4O3S. The standard InChI is InChI=1S/C13H16N4O3S/c1-7-3-8(4-7)17-11-10(12(20-2)15-6-14-11)16-13(17)21-5-9(18)19/h6-8H,3-5H2,1-2H3,(H,18,19). The molecule has 0 unspecified atom stereocenters. The third-order valence-electron chi connectivity index (χ3n) is 3.64. The van der Waals surface area contributed by atoms with Gasteiger partial charge in [0.25, 0.3) is 0 Å². The summed E-state index contributed by atoms with van der Waals surface area (Å²) in [6.07, 6.45) is 3.56. The number of hydrogen-bond donors (Lipinski definition) is 1. The Hall–Kier alpha value is -1.83. The molecule has 1 fully saturated rings. The van der Waals surface area contributed by atoms with Crippen molar-refractivity contribution in [3.05, 3.63) is 6.33 Å². The second-order valence-corrected chi connectivity index (χ2v) is 6.17. The molecule has 2 heterocycles. The van der Waals surface area contributed by atoms with Crippen LogP contribution in [-0.2, 0) is 4.79 Å². The third kappa shape index (κ3) is 2.55. The van der Waals surface area contributed by atoms with Crippen molar-refractivity contribution in [1.29, 1.82) is 0 Å². The fraction of sp³-hybridized carbons (Fsp3) is 0.538. The minimum atomic E-state index is -0.862. The first kappa shape index (κ1) is 14.1. The molecule has 2 aromatic heterocycles. The molecule has 0 aliphatic heterocycles. The summed E-state index contributed by atoms with van der Waals surface area (Å²) in [7, 11) is 1.54. The average molecular weight is 308 g/mol. The molecule has 1 N–H and O–H groups in total. The zero-order valence-electron chi connectivity index (χ0n) is 11.8. The monoisotopic (exact) mass is 308 g/mol. The molecule has 7 nitrogen and oxygen atoms in total. The molecule has 3 rings (SSSR count). The van der Waals surface area contributed by atoms with Crippen LogP contribution in [0.3, 0.4) is 0 Å². The Morgan fingerprint density at radius 1 is 1.52 bits per heavy atom. The number of aromatic nitrogens is 4. The van der Waals surface area contributed by atoms with Gasteiger partial charge in [0.15, 0.2) is 16.3 Å². The van der Waals surface area contributed by atoms with Crippen molar-refractivity contribution < 1.29 is 14.6 Å². The molecule has 0 saturated heterocycles. The van der Waals surface area contributed by atoms with E-state index in [2.05, 4.69) is 21.9 Å². The van der Waals surface area contributed by atoms with E-state index >= 15 is 0 Å². The van der Waals surface area contributed by atoms with Gasteiger partial charge in [-0.1, -0.05) is 18.7 Å². The molecule has 0 amide bonds. The fourth-order valence-corrected chi connectivity index (χ4v) is 3.43. The summed E-state index contributed by atoms with van der Waals surface area (Å²) in [5.41, 5.74) is 1.30. The lowest BCUT2D eigenvalue weighted by atomic mass is 9.82. The lowest BCUT2D eigenvalue weighted by molar-refractivity contribution is -0.133. The first-order chi connectivity index (χ1) is 10.1. The van der Waals surface area contributed by atoms with Gasteiger partial charge in [-0.25, -0.2) is 9.97 Å². The van der Waals surface area contributed by atoms with E-state index in [1.807, 2.05) is 4.57 Å². The Labute approximate surface area is 125 Å². The van der Waals surface area contributed by atoms with Crippen LogP contribution in [0.5, 0.6) is 5.88 Å². The molecule has 112 valence electrons. The van der Waals surface area contributed by atoms with Gasteiger partial charge in [-0.2, -0.15) is 4.98 Å². The van der Waals surface area contributed by atoms with Gasteiger partial charge < -0.3 is 14.4 Å². The van der Waals surface area contributed by atoms with E-state index in [9.17, 15) is 4.79 Å². The number of carboxylic acid groups (broad SMARTS) is 1. The van der Waals surface area contributed by atoms with Gasteiger partial charge >= 0.3 is 5.97 Å². The van der Waals surface area contributed by atoms with Gasteiger partial charge in [0.2, 0.25) is 5.88 Å². The minimum absolute atomic E-state index is 0.0264. The highest BCUT2D eigenvalue weighted by Gasteiger charge is 2.31. The molecule has 1 aliphatic rings. The smallest absolute Gasteiger partial charge is 0.313 e. The van der Waals surface area contributed by atoms with Crippen LogP contribution in [-0.4, -0.2) is 43.5 Å². The molecule has 1 aliphatic carbocycles. The van der Waals surface area contributed by atoms with E-state index in [1.54, 1.807) is 0 Å². The Morgan fingerprint density at radius 3 is 2.90 bits per heavy atom. The number of thioether (sulfide) groups is 1. The van der Waals surface area contributed by atoms with Crippen molar-refractivity contribution in [2.75, 3.05) is 12.9 Å². The molecule has 0 bridgehead atoms. The number of aliphatic carboxylic acids is 1. The van der Waals surface area contributed by atoms with Crippen molar-refractivity contribution in [2.45, 2.75) is 31.0 Å². The van der Waals surface area contributed by atoms with Crippen molar-refractivity contribution in [2.24, 2.45) is 5.92 Å². The summed E-state index contributed by atoms with van der Waals surface area (Å²) in [5.74, 6) is 0.205. The van der Waals surface area contributed by atoms with E-state index in [4.69, 9.17) is 9.84 Å². The first-order valence-electron chi connectivity index (χ1n) is 6.71. The van der Waals surface area contributed by atoms with Crippen LogP contribution in [0.2, 0.25) is 0 Å². The van der Waals surface area contributed by atoms with Gasteiger partial charge in [0.05, 0.1) is 12.9 Å². The number of carboxylic acids is 1. The summed E-state index contributed by atoms with van der Waals surface area (Å²) in [6, 6.07) is 0.320. The van der Waals surface area contributed by atoms with Crippen LogP contribution in [0.4, 0.5) is 0 Å². The molecule has 8 heteroatoms. The maximum Gasteiger partial charge on any atom is 0.313 e. The summed E-state index contributed by atoms with van der Waals surface area (Å²) < 4.78 is 7.26. The highest BCUT2D eigenvalue weighted by Crippen LogP contribution is 2.42. The van der Waals surface area contributed by atoms with Crippen LogP contribution in [0.1, 0.15) is 25.8 Å². The zero-order valence-corrected chi connectivity index (χ0v) is 12.6. The predicted molar refractivity (Wildman–Crippen MR) is 77.7 cm³/mol. The van der Waals surface area contributed by atoms with Crippen LogP contribution < -0.4 is 4.74 Å². The van der Waals surface area contributed by atoms with E-state index in [1.165, 1.54) is 25.2 Å². The second kappa shape index (κ2) is 5.51. The number of nitrogens with zero attached hydrogens (tertiary/aromatic N) is 4. The Balaban J connectivity index is 2.06. The second-order valence-electron chi connectivity index (χ2n) is 5.23. The number of imidazole rings is 1. The number of methoxy groups -OCH3 is 1. The fourth-order valence-electron chi connectivity index (χ4n) is 2.65. The number of ether oxygens (including phenoxy) is 1. The van der Waals surface area contributed by atoms with Crippen molar-refractivity contribution in [3.63, 3.8) is 0 Å². The predicted octanol–water partition coefficient (Wildman–Crippen LogP) is 1.98. The van der Waals surface area contributed by atoms with Crippen LogP contribution >= 0.6 is 11.8 Å². The van der Waals surface area contributed by atoms with Crippen LogP contribution in [0.25, 0.3) is 11.2 Å². The highest BCUT2D eigenvalue weighted by atomic mass is 32.2. The molecule has 21 heavy (non-hydrogen) atoms. The number of rotatable bonds is 5. The summed E-state index contributed by atoms with van der Waals surface area (Å²) >= 11 is 1.21. The summed E-state index contributed by atoms with van der Waals surface area (Å²) in [6.45, 7) is 2.20. The van der Waals surface area contributed by atoms with Crippen LogP contribution in [0, 0.1) is 5.92 Å². The number of carbonyl (C=O) groups is 1. The molecule has 1 saturated carbocycles. The van der Waals surface area contributed by atoms with Gasteiger partial charge in [-0.15, -0.1) is 0 Å². The van der Waals surface area contributed by atoms with Crippen LogP contribution in [0.15, 0.2) is 11.5 Å². The van der Waals surface area contributed by atoms with Crippen molar-refractivity contribution in [3.8, 4) is 5.88 Å². The van der Waals surface area contributed by atoms with Crippen molar-refractivity contribution in [1.82, 2.24) is 19.5 Å². The Kier molecular flexibility index (Phi) is 3.71. The quantitative estimate of drug-likeness (QED) is 0.845. The molecule has 0 aromatic carbocycles. The largest absolute Gasteiger partial charge is 0.481 e. The molecule has 0 radical (unpaired) electrons. The topological polar surface area (TPSA) is 90.1 Å². The zero-order chi connectivity index (χ0) is 15.0. The lowest BCUT2D eigenvalue weighted by Gasteiger charge is -2.34.